The van der Waals surface area contributed by atoms with Crippen LogP contribution in [0.5, 0.6) is 0 Å². The highest BCUT2D eigenvalue weighted by molar-refractivity contribution is 7.15. The number of anilines is 1. The minimum Gasteiger partial charge on any atom is -0.299 e. The first-order valence-electron chi connectivity index (χ1n) is 9.46. The first kappa shape index (κ1) is 18.0. The van der Waals surface area contributed by atoms with Crippen LogP contribution in [0.2, 0.25) is 0 Å². The molecular formula is C20H23N5OS. The molecule has 0 unspecified atom stereocenters. The highest BCUT2D eigenvalue weighted by atomic mass is 32.1. The Bertz CT molecular complexity index is 984. The third-order valence-corrected chi connectivity index (χ3v) is 5.85. The number of carbonyl (C=O) groups is 1. The standard InChI is InChI=1S/C20H23N5OS/c1-3-7-17-23-24-20(27-17)22-19(26)18-13-8-5-6-9-15(13)21-16-10-11-25(4-2)12-14(16)18/h5-6,8-9H,3-4,7,10-12H2,1-2H3,(H,22,24,26). The average Bonchev–Trinajstić information content (AvgIpc) is 3.12. The van der Waals surface area contributed by atoms with Gasteiger partial charge in [0.25, 0.3) is 5.91 Å². The van der Waals surface area contributed by atoms with Crippen molar-refractivity contribution in [3.05, 3.63) is 46.1 Å². The highest BCUT2D eigenvalue weighted by Gasteiger charge is 2.25. The second-order valence-electron chi connectivity index (χ2n) is 6.75. The van der Waals surface area contributed by atoms with E-state index in [-0.39, 0.29) is 5.91 Å². The lowest BCUT2D eigenvalue weighted by Gasteiger charge is -2.29. The summed E-state index contributed by atoms with van der Waals surface area (Å²) in [4.78, 5) is 20.4. The molecule has 7 heteroatoms. The second kappa shape index (κ2) is 7.70. The molecule has 1 N–H and O–H groups in total. The van der Waals surface area contributed by atoms with Gasteiger partial charge in [-0.05, 0) is 19.0 Å². The number of amides is 1. The van der Waals surface area contributed by atoms with Crippen molar-refractivity contribution >= 4 is 33.3 Å². The Balaban J connectivity index is 1.75. The fourth-order valence-electron chi connectivity index (χ4n) is 3.55. The molecule has 4 rings (SSSR count). The molecule has 2 aromatic heterocycles. The Morgan fingerprint density at radius 3 is 2.93 bits per heavy atom. The highest BCUT2D eigenvalue weighted by Crippen LogP contribution is 2.29. The van der Waals surface area contributed by atoms with Crippen LogP contribution in [-0.4, -0.2) is 39.1 Å². The van der Waals surface area contributed by atoms with Gasteiger partial charge in [-0.15, -0.1) is 10.2 Å². The molecule has 3 heterocycles. The Hall–Kier alpha value is -2.38. The largest absolute Gasteiger partial charge is 0.299 e. The molecule has 0 radical (unpaired) electrons. The molecule has 6 nitrogen and oxygen atoms in total. The molecule has 1 aliphatic rings. The van der Waals surface area contributed by atoms with Crippen LogP contribution in [0.3, 0.4) is 0 Å². The van der Waals surface area contributed by atoms with Crippen molar-refractivity contribution in [1.82, 2.24) is 20.1 Å². The molecular weight excluding hydrogens is 358 g/mol. The summed E-state index contributed by atoms with van der Waals surface area (Å²) in [5, 5.41) is 13.7. The predicted octanol–water partition coefficient (Wildman–Crippen LogP) is 3.67. The van der Waals surface area contributed by atoms with E-state index in [0.717, 1.165) is 71.6 Å². The molecule has 0 saturated heterocycles. The maximum atomic E-state index is 13.2. The smallest absolute Gasteiger partial charge is 0.258 e. The third-order valence-electron chi connectivity index (χ3n) is 4.95. The van der Waals surface area contributed by atoms with Gasteiger partial charge in [-0.2, -0.15) is 0 Å². The third kappa shape index (κ3) is 3.57. The summed E-state index contributed by atoms with van der Waals surface area (Å²) in [6.45, 7) is 6.95. The average molecular weight is 382 g/mol. The SMILES string of the molecule is CCCc1nnc(NC(=O)c2c3c(nc4ccccc24)CCN(CC)C3)s1. The fourth-order valence-corrected chi connectivity index (χ4v) is 4.39. The molecule has 0 spiro atoms. The van der Waals surface area contributed by atoms with Crippen molar-refractivity contribution < 1.29 is 4.79 Å². The molecule has 3 aromatic rings. The maximum absolute atomic E-state index is 13.2. The molecule has 0 saturated carbocycles. The number of nitrogens with one attached hydrogen (secondary N) is 1. The van der Waals surface area contributed by atoms with E-state index in [4.69, 9.17) is 4.98 Å². The molecule has 1 amide bonds. The summed E-state index contributed by atoms with van der Waals surface area (Å²) < 4.78 is 0. The summed E-state index contributed by atoms with van der Waals surface area (Å²) in [5.74, 6) is -0.123. The predicted molar refractivity (Wildman–Crippen MR) is 108 cm³/mol. The van der Waals surface area contributed by atoms with E-state index < -0.39 is 0 Å². The van der Waals surface area contributed by atoms with Crippen LogP contribution in [0.1, 0.15) is 46.9 Å². The van der Waals surface area contributed by atoms with Crippen molar-refractivity contribution in [3.8, 4) is 0 Å². The molecule has 0 atom stereocenters. The van der Waals surface area contributed by atoms with E-state index in [0.29, 0.717) is 5.13 Å². The van der Waals surface area contributed by atoms with Crippen molar-refractivity contribution in [2.45, 2.75) is 39.7 Å². The van der Waals surface area contributed by atoms with Crippen LogP contribution < -0.4 is 5.32 Å². The number of hydrogen-bond acceptors (Lipinski definition) is 6. The number of carbonyl (C=O) groups excluding carboxylic acids is 1. The Labute approximate surface area is 162 Å². The number of rotatable bonds is 5. The van der Waals surface area contributed by atoms with Gasteiger partial charge >= 0.3 is 0 Å². The number of aromatic nitrogens is 3. The van der Waals surface area contributed by atoms with E-state index in [1.54, 1.807) is 0 Å². The molecule has 140 valence electrons. The summed E-state index contributed by atoms with van der Waals surface area (Å²) in [6.07, 6.45) is 2.76. The van der Waals surface area contributed by atoms with Gasteiger partial charge in [-0.25, -0.2) is 0 Å². The van der Waals surface area contributed by atoms with Gasteiger partial charge in [-0.1, -0.05) is 43.4 Å². The normalized spacial score (nSPS) is 14.3. The summed E-state index contributed by atoms with van der Waals surface area (Å²) in [6, 6.07) is 7.87. The van der Waals surface area contributed by atoms with Crippen molar-refractivity contribution in [2.75, 3.05) is 18.4 Å². The van der Waals surface area contributed by atoms with Crippen LogP contribution in [0, 0.1) is 0 Å². The monoisotopic (exact) mass is 381 g/mol. The molecule has 0 fully saturated rings. The number of likely N-dealkylation sites (N-methyl/N-ethyl adjacent to an activating group) is 1. The Morgan fingerprint density at radius 2 is 2.11 bits per heavy atom. The summed E-state index contributed by atoms with van der Waals surface area (Å²) >= 11 is 1.45. The van der Waals surface area contributed by atoms with Crippen LogP contribution in [0.15, 0.2) is 24.3 Å². The maximum Gasteiger partial charge on any atom is 0.258 e. The van der Waals surface area contributed by atoms with Gasteiger partial charge in [0.15, 0.2) is 0 Å². The second-order valence-corrected chi connectivity index (χ2v) is 7.82. The van der Waals surface area contributed by atoms with Crippen LogP contribution >= 0.6 is 11.3 Å². The van der Waals surface area contributed by atoms with E-state index in [2.05, 4.69) is 34.3 Å². The Morgan fingerprint density at radius 1 is 1.26 bits per heavy atom. The molecule has 27 heavy (non-hydrogen) atoms. The summed E-state index contributed by atoms with van der Waals surface area (Å²) in [5.41, 5.74) is 3.67. The number of aryl methyl sites for hydroxylation is 1. The minimum atomic E-state index is -0.123. The van der Waals surface area contributed by atoms with Crippen LogP contribution in [0.25, 0.3) is 10.9 Å². The molecule has 0 aliphatic carbocycles. The lowest BCUT2D eigenvalue weighted by atomic mass is 9.95. The lowest BCUT2D eigenvalue weighted by Crippen LogP contribution is -2.33. The number of benzene rings is 1. The quantitative estimate of drug-likeness (QED) is 0.730. The first-order chi connectivity index (χ1) is 13.2. The van der Waals surface area contributed by atoms with E-state index in [1.165, 1.54) is 11.3 Å². The zero-order valence-corrected chi connectivity index (χ0v) is 16.5. The van der Waals surface area contributed by atoms with Gasteiger partial charge in [0, 0.05) is 42.6 Å². The van der Waals surface area contributed by atoms with E-state index >= 15 is 0 Å². The zero-order chi connectivity index (χ0) is 18.8. The first-order valence-corrected chi connectivity index (χ1v) is 10.3. The van der Waals surface area contributed by atoms with Gasteiger partial charge in [0.05, 0.1) is 11.1 Å². The fraction of sp³-hybridized carbons (Fsp3) is 0.400. The zero-order valence-electron chi connectivity index (χ0n) is 15.7. The van der Waals surface area contributed by atoms with Gasteiger partial charge < -0.3 is 0 Å². The van der Waals surface area contributed by atoms with Crippen LogP contribution in [0.4, 0.5) is 5.13 Å². The number of para-hydroxylation sites is 1. The van der Waals surface area contributed by atoms with Crippen molar-refractivity contribution in [1.29, 1.82) is 0 Å². The van der Waals surface area contributed by atoms with Crippen molar-refractivity contribution in [2.24, 2.45) is 0 Å². The molecule has 1 aromatic carbocycles. The van der Waals surface area contributed by atoms with Gasteiger partial charge in [0.2, 0.25) is 5.13 Å². The number of hydrogen-bond donors (Lipinski definition) is 1. The van der Waals surface area contributed by atoms with Crippen LogP contribution in [-0.2, 0) is 19.4 Å². The number of fused-ring (bicyclic) bond motifs is 2. The van der Waals surface area contributed by atoms with E-state index in [1.807, 2.05) is 24.3 Å². The van der Waals surface area contributed by atoms with Gasteiger partial charge in [0.1, 0.15) is 5.01 Å². The van der Waals surface area contributed by atoms with Crippen molar-refractivity contribution in [3.63, 3.8) is 0 Å². The lowest BCUT2D eigenvalue weighted by molar-refractivity contribution is 0.102. The molecule has 1 aliphatic heterocycles. The Kier molecular flexibility index (Phi) is 5.13. The number of pyridine rings is 1. The van der Waals surface area contributed by atoms with E-state index in [9.17, 15) is 4.79 Å². The van der Waals surface area contributed by atoms with Gasteiger partial charge in [-0.3, -0.25) is 20.0 Å². The topological polar surface area (TPSA) is 71.0 Å². The minimum absolute atomic E-state index is 0.123. The summed E-state index contributed by atoms with van der Waals surface area (Å²) in [7, 11) is 0. The molecule has 0 bridgehead atoms. The number of nitrogens with zero attached hydrogens (tertiary/aromatic N) is 4.